The lowest BCUT2D eigenvalue weighted by Crippen LogP contribution is -2.58. The molecule has 0 saturated heterocycles. The summed E-state index contributed by atoms with van der Waals surface area (Å²) in [5, 5.41) is 16.3. The summed E-state index contributed by atoms with van der Waals surface area (Å²) in [4.78, 5) is 58.6. The fourth-order valence-electron chi connectivity index (χ4n) is 2.40. The molecule has 0 spiro atoms. The van der Waals surface area contributed by atoms with E-state index < -0.39 is 54.3 Å². The van der Waals surface area contributed by atoms with Crippen LogP contribution in [0.1, 0.15) is 47.5 Å². The number of carbonyl (C=O) groups is 5. The second-order valence-electron chi connectivity index (χ2n) is 7.56. The minimum absolute atomic E-state index is 0.0353. The Kier molecular flexibility index (Phi) is 11.0. The minimum atomic E-state index is -1.29. The Hall–Kier alpha value is -2.49. The summed E-state index contributed by atoms with van der Waals surface area (Å²) < 4.78 is 0. The molecule has 0 aliphatic heterocycles. The first-order valence-electron chi connectivity index (χ1n) is 9.22. The van der Waals surface area contributed by atoms with Gasteiger partial charge in [-0.1, -0.05) is 27.7 Å². The predicted octanol–water partition coefficient (Wildman–Crippen LogP) is -0.836. The van der Waals surface area contributed by atoms with E-state index in [4.69, 9.17) is 10.8 Å². The Bertz CT molecular complexity index is 578. The van der Waals surface area contributed by atoms with Crippen LogP contribution >= 0.6 is 0 Å². The molecule has 0 aromatic heterocycles. The summed E-state index contributed by atoms with van der Waals surface area (Å²) in [6, 6.07) is -3.89. The van der Waals surface area contributed by atoms with E-state index in [-0.39, 0.29) is 18.3 Å². The highest BCUT2D eigenvalue weighted by Gasteiger charge is 2.30. The van der Waals surface area contributed by atoms with Gasteiger partial charge in [-0.15, -0.1) is 0 Å². The average molecular weight is 400 g/mol. The van der Waals surface area contributed by atoms with Crippen LogP contribution in [0.15, 0.2) is 0 Å². The van der Waals surface area contributed by atoms with Crippen LogP contribution in [0, 0.1) is 11.8 Å². The molecule has 0 heterocycles. The average Bonchev–Trinajstić information content (AvgIpc) is 2.56. The molecule has 160 valence electrons. The van der Waals surface area contributed by atoms with Crippen molar-refractivity contribution in [1.82, 2.24) is 16.0 Å². The molecule has 10 nitrogen and oxygen atoms in total. The topological polar surface area (TPSA) is 168 Å². The first-order chi connectivity index (χ1) is 12.9. The van der Waals surface area contributed by atoms with Crippen molar-refractivity contribution >= 4 is 30.0 Å². The van der Waals surface area contributed by atoms with Crippen LogP contribution in [0.5, 0.6) is 0 Å². The lowest BCUT2D eigenvalue weighted by molar-refractivity contribution is -0.140. The van der Waals surface area contributed by atoms with E-state index in [1.165, 1.54) is 6.92 Å². The molecule has 10 heteroatoms. The minimum Gasteiger partial charge on any atom is -0.481 e. The molecule has 28 heavy (non-hydrogen) atoms. The maximum absolute atomic E-state index is 12.7. The number of carboxylic acid groups (broad SMARTS) is 1. The van der Waals surface area contributed by atoms with Gasteiger partial charge in [0.25, 0.3) is 0 Å². The molecular weight excluding hydrogens is 368 g/mol. The van der Waals surface area contributed by atoms with Crippen LogP contribution in [0.3, 0.4) is 0 Å². The molecule has 0 bridgehead atoms. The maximum atomic E-state index is 12.7. The number of amides is 3. The quantitative estimate of drug-likeness (QED) is 0.266. The first kappa shape index (κ1) is 25.5. The Morgan fingerprint density at radius 2 is 1.50 bits per heavy atom. The van der Waals surface area contributed by atoms with Crippen molar-refractivity contribution in [3.63, 3.8) is 0 Å². The number of nitrogens with one attached hydrogen (secondary N) is 3. The smallest absolute Gasteiger partial charge is 0.305 e. The van der Waals surface area contributed by atoms with Crippen LogP contribution < -0.4 is 21.7 Å². The monoisotopic (exact) mass is 400 g/mol. The zero-order chi connectivity index (χ0) is 22.0. The molecule has 0 rings (SSSR count). The normalized spacial score (nSPS) is 15.3. The number of aldehydes is 1. The molecule has 0 fully saturated rings. The second-order valence-corrected chi connectivity index (χ2v) is 7.56. The molecule has 4 atom stereocenters. The fraction of sp³-hybridized carbons (Fsp3) is 0.722. The SMILES string of the molecule is CC(C)C[C@H](NC(=O)[C@@H](N)CC(=O)O)C(=O)N[C@H](C(=O)N[C@@H](C)C=O)C(C)C. The number of hydrogen-bond acceptors (Lipinski definition) is 6. The Morgan fingerprint density at radius 1 is 0.929 bits per heavy atom. The van der Waals surface area contributed by atoms with E-state index in [0.717, 1.165) is 0 Å². The number of carboxylic acids is 1. The number of hydrogen-bond donors (Lipinski definition) is 5. The molecule has 0 aromatic carbocycles. The van der Waals surface area contributed by atoms with Gasteiger partial charge in [-0.3, -0.25) is 19.2 Å². The molecule has 0 aliphatic rings. The van der Waals surface area contributed by atoms with Crippen LogP contribution in [-0.4, -0.2) is 59.3 Å². The summed E-state index contributed by atoms with van der Waals surface area (Å²) in [5.74, 6) is -3.32. The van der Waals surface area contributed by atoms with Crippen LogP contribution in [0.4, 0.5) is 0 Å². The largest absolute Gasteiger partial charge is 0.481 e. The summed E-state index contributed by atoms with van der Waals surface area (Å²) in [5.41, 5.74) is 5.54. The van der Waals surface area contributed by atoms with Gasteiger partial charge < -0.3 is 31.6 Å². The standard InChI is InChI=1S/C18H32N4O6/c1-9(2)6-13(21-16(26)12(19)7-14(24)25)17(27)22-15(10(3)4)18(28)20-11(5)8-23/h8-13,15H,6-7,19H2,1-5H3,(H,20,28)(H,21,26)(H,22,27)(H,24,25)/t11-,12-,13-,15-/m0/s1. The molecule has 0 aromatic rings. The van der Waals surface area contributed by atoms with Gasteiger partial charge in [0.05, 0.1) is 18.5 Å². The third-order valence-corrected chi connectivity index (χ3v) is 3.89. The van der Waals surface area contributed by atoms with Gasteiger partial charge in [-0.05, 0) is 25.2 Å². The molecule has 0 radical (unpaired) electrons. The summed E-state index contributed by atoms with van der Waals surface area (Å²) in [6.45, 7) is 8.67. The van der Waals surface area contributed by atoms with Crippen molar-refractivity contribution in [2.75, 3.05) is 0 Å². The lowest BCUT2D eigenvalue weighted by Gasteiger charge is -2.27. The first-order valence-corrected chi connectivity index (χ1v) is 9.22. The van der Waals surface area contributed by atoms with E-state index in [1.807, 2.05) is 13.8 Å². The summed E-state index contributed by atoms with van der Waals surface area (Å²) in [6.07, 6.45) is 0.278. The molecule has 0 saturated carbocycles. The van der Waals surface area contributed by atoms with Gasteiger partial charge in [0, 0.05) is 0 Å². The predicted molar refractivity (Wildman–Crippen MR) is 102 cm³/mol. The molecule has 0 aliphatic carbocycles. The van der Waals surface area contributed by atoms with E-state index >= 15 is 0 Å². The summed E-state index contributed by atoms with van der Waals surface area (Å²) >= 11 is 0. The molecule has 3 amide bonds. The van der Waals surface area contributed by atoms with Gasteiger partial charge in [0.15, 0.2) is 0 Å². The molecule has 6 N–H and O–H groups in total. The maximum Gasteiger partial charge on any atom is 0.305 e. The number of carbonyl (C=O) groups excluding carboxylic acids is 4. The van der Waals surface area contributed by atoms with E-state index in [0.29, 0.717) is 6.29 Å². The van der Waals surface area contributed by atoms with E-state index in [1.54, 1.807) is 13.8 Å². The molecule has 0 unspecified atom stereocenters. The van der Waals surface area contributed by atoms with Crippen LogP contribution in [-0.2, 0) is 24.0 Å². The van der Waals surface area contributed by atoms with Gasteiger partial charge in [0.2, 0.25) is 17.7 Å². The second kappa shape index (κ2) is 12.1. The Balaban J connectivity index is 5.25. The number of nitrogens with two attached hydrogens (primary N) is 1. The van der Waals surface area contributed by atoms with Gasteiger partial charge in [-0.2, -0.15) is 0 Å². The van der Waals surface area contributed by atoms with Gasteiger partial charge in [-0.25, -0.2) is 0 Å². The van der Waals surface area contributed by atoms with Crippen molar-refractivity contribution in [3.8, 4) is 0 Å². The van der Waals surface area contributed by atoms with Crippen molar-refractivity contribution < 1.29 is 29.1 Å². The van der Waals surface area contributed by atoms with E-state index in [2.05, 4.69) is 16.0 Å². The van der Waals surface area contributed by atoms with Crippen molar-refractivity contribution in [3.05, 3.63) is 0 Å². The van der Waals surface area contributed by atoms with Crippen molar-refractivity contribution in [1.29, 1.82) is 0 Å². The number of aliphatic carboxylic acids is 1. The Labute approximate surface area is 165 Å². The highest BCUT2D eigenvalue weighted by atomic mass is 16.4. The summed E-state index contributed by atoms with van der Waals surface area (Å²) in [7, 11) is 0. The third kappa shape index (κ3) is 9.45. The molecular formula is C18H32N4O6. The van der Waals surface area contributed by atoms with E-state index in [9.17, 15) is 24.0 Å². The zero-order valence-electron chi connectivity index (χ0n) is 17.0. The van der Waals surface area contributed by atoms with Crippen molar-refractivity contribution in [2.24, 2.45) is 17.6 Å². The highest BCUT2D eigenvalue weighted by molar-refractivity contribution is 5.94. The van der Waals surface area contributed by atoms with Crippen molar-refractivity contribution in [2.45, 2.75) is 71.6 Å². The number of rotatable bonds is 12. The highest BCUT2D eigenvalue weighted by Crippen LogP contribution is 2.08. The van der Waals surface area contributed by atoms with Gasteiger partial charge >= 0.3 is 5.97 Å². The zero-order valence-corrected chi connectivity index (χ0v) is 17.0. The van der Waals surface area contributed by atoms with Crippen LogP contribution in [0.2, 0.25) is 0 Å². The van der Waals surface area contributed by atoms with Crippen LogP contribution in [0.25, 0.3) is 0 Å². The Morgan fingerprint density at radius 3 is 1.93 bits per heavy atom. The van der Waals surface area contributed by atoms with Gasteiger partial charge in [0.1, 0.15) is 18.4 Å². The lowest BCUT2D eigenvalue weighted by atomic mass is 9.99. The third-order valence-electron chi connectivity index (χ3n) is 3.89. The fourth-order valence-corrected chi connectivity index (χ4v) is 2.40.